The fourth-order valence-electron chi connectivity index (χ4n) is 4.34. The quantitative estimate of drug-likeness (QED) is 0.368. The molecule has 3 N–H and O–H groups in total. The number of nitrogens with zero attached hydrogens (tertiary/aromatic N) is 1. The van der Waals surface area contributed by atoms with Gasteiger partial charge in [0.2, 0.25) is 0 Å². The Morgan fingerprint density at radius 1 is 1.11 bits per heavy atom. The Bertz CT molecular complexity index is 1270. The van der Waals surface area contributed by atoms with Crippen LogP contribution in [-0.4, -0.2) is 50.3 Å². The maximum absolute atomic E-state index is 12.6. The van der Waals surface area contributed by atoms with Gasteiger partial charge in [0, 0.05) is 11.8 Å². The van der Waals surface area contributed by atoms with Crippen molar-refractivity contribution in [1.82, 2.24) is 9.55 Å². The number of aliphatic hydroxyl groups excluding tert-OH is 2. The van der Waals surface area contributed by atoms with E-state index in [1.54, 1.807) is 0 Å². The first-order chi connectivity index (χ1) is 17.4. The third-order valence-electron chi connectivity index (χ3n) is 6.28. The van der Waals surface area contributed by atoms with Crippen LogP contribution >= 0.6 is 0 Å². The second-order valence-electron chi connectivity index (χ2n) is 8.81. The maximum Gasteiger partial charge on any atom is 0.330 e. The topological polar surface area (TPSA) is 123 Å². The summed E-state index contributed by atoms with van der Waals surface area (Å²) < 4.78 is 19.4. The molecule has 2 heterocycles. The molecule has 190 valence electrons. The smallest absolute Gasteiger partial charge is 0.330 e. The summed E-state index contributed by atoms with van der Waals surface area (Å²) in [6.07, 6.45) is -2.47. The van der Waals surface area contributed by atoms with Crippen LogP contribution in [0, 0.1) is 6.92 Å². The molecule has 0 saturated carbocycles. The Balaban J connectivity index is 1.69. The first-order valence-electron chi connectivity index (χ1n) is 11.6. The predicted molar refractivity (Wildman–Crippen MR) is 132 cm³/mol. The lowest BCUT2D eigenvalue weighted by Gasteiger charge is -2.37. The molecule has 1 aliphatic rings. The Kier molecular flexibility index (Phi) is 7.97. The Morgan fingerprint density at radius 2 is 1.72 bits per heavy atom. The summed E-state index contributed by atoms with van der Waals surface area (Å²) in [4.78, 5) is 26.7. The molecule has 0 amide bonds. The van der Waals surface area contributed by atoms with Gasteiger partial charge in [0.15, 0.2) is 11.8 Å². The average Bonchev–Trinajstić information content (AvgIpc) is 3.17. The van der Waals surface area contributed by atoms with Crippen molar-refractivity contribution in [3.05, 3.63) is 117 Å². The molecule has 4 rings (SSSR count). The molecule has 36 heavy (non-hydrogen) atoms. The number of aromatic nitrogens is 2. The number of benzene rings is 2. The van der Waals surface area contributed by atoms with Gasteiger partial charge in [-0.25, -0.2) is 4.79 Å². The zero-order valence-electron chi connectivity index (χ0n) is 19.9. The highest BCUT2D eigenvalue weighted by molar-refractivity contribution is 5.16. The lowest BCUT2D eigenvalue weighted by atomic mass is 9.89. The minimum Gasteiger partial charge on any atom is -0.386 e. The van der Waals surface area contributed by atoms with Gasteiger partial charge < -0.3 is 24.4 Å². The molecular formula is C27H30N2O7. The molecule has 9 heteroatoms. The standard InChI is InChI=1S/C27H30N2O7/c1-3-21(30)27(17-34-15-19-10-6-4-7-11-19)23(35-16-20-12-8-5-9-13-20)22(31)25(36-27)29-14-18(2)24(32)28-26(29)33/h3-14,21-23,25,30-31H,1,15-17H2,2H3,(H,28,32,33)/t21-,22-,23+,25-,27-/m1/s1. The van der Waals surface area contributed by atoms with Gasteiger partial charge in [0.05, 0.1) is 19.8 Å². The molecule has 1 aliphatic heterocycles. The molecule has 3 aromatic rings. The van der Waals surface area contributed by atoms with Crippen LogP contribution in [0.2, 0.25) is 0 Å². The van der Waals surface area contributed by atoms with E-state index < -0.39 is 41.4 Å². The molecule has 0 unspecified atom stereocenters. The molecule has 1 aromatic heterocycles. The minimum atomic E-state index is -1.60. The van der Waals surface area contributed by atoms with Crippen LogP contribution in [0.1, 0.15) is 22.9 Å². The van der Waals surface area contributed by atoms with E-state index >= 15 is 0 Å². The number of H-pyrrole nitrogens is 1. The largest absolute Gasteiger partial charge is 0.386 e. The molecule has 1 saturated heterocycles. The number of ether oxygens (including phenoxy) is 3. The summed E-state index contributed by atoms with van der Waals surface area (Å²) in [6, 6.07) is 18.8. The van der Waals surface area contributed by atoms with E-state index in [-0.39, 0.29) is 25.4 Å². The lowest BCUT2D eigenvalue weighted by molar-refractivity contribution is -0.193. The van der Waals surface area contributed by atoms with E-state index in [0.717, 1.165) is 15.7 Å². The molecule has 9 nitrogen and oxygen atoms in total. The van der Waals surface area contributed by atoms with Crippen LogP contribution in [0.4, 0.5) is 0 Å². The van der Waals surface area contributed by atoms with Crippen LogP contribution in [0.25, 0.3) is 0 Å². The SMILES string of the molecule is C=C[C@@H](O)[C@@]1(COCc2ccccc2)O[C@@H](n2cc(C)c(=O)[nH]c2=O)[C@H](O)[C@@H]1OCc1ccccc1. The van der Waals surface area contributed by atoms with Crippen molar-refractivity contribution in [1.29, 1.82) is 0 Å². The van der Waals surface area contributed by atoms with Crippen molar-refractivity contribution in [3.8, 4) is 0 Å². The van der Waals surface area contributed by atoms with Gasteiger partial charge in [-0.15, -0.1) is 6.58 Å². The molecule has 0 bridgehead atoms. The zero-order chi connectivity index (χ0) is 25.7. The fraction of sp³-hybridized carbons (Fsp3) is 0.333. The van der Waals surface area contributed by atoms with Crippen molar-refractivity contribution in [2.75, 3.05) is 6.61 Å². The van der Waals surface area contributed by atoms with Gasteiger partial charge >= 0.3 is 5.69 Å². The molecule has 0 radical (unpaired) electrons. The normalized spacial score (nSPS) is 24.5. The predicted octanol–water partition coefficient (Wildman–Crippen LogP) is 1.82. The van der Waals surface area contributed by atoms with Crippen molar-refractivity contribution < 1.29 is 24.4 Å². The minimum absolute atomic E-state index is 0.114. The molecule has 0 spiro atoms. The number of aliphatic hydroxyl groups is 2. The number of aromatic amines is 1. The number of aryl methyl sites for hydroxylation is 1. The number of hydrogen-bond acceptors (Lipinski definition) is 7. The zero-order valence-corrected chi connectivity index (χ0v) is 19.9. The van der Waals surface area contributed by atoms with Crippen molar-refractivity contribution in [3.63, 3.8) is 0 Å². The van der Waals surface area contributed by atoms with E-state index in [1.807, 2.05) is 60.7 Å². The molecule has 2 aromatic carbocycles. The summed E-state index contributed by atoms with van der Waals surface area (Å²) in [6.45, 7) is 5.40. The van der Waals surface area contributed by atoms with Gasteiger partial charge in [-0.3, -0.25) is 14.3 Å². The van der Waals surface area contributed by atoms with Gasteiger partial charge in [-0.05, 0) is 18.1 Å². The third kappa shape index (κ3) is 5.25. The van der Waals surface area contributed by atoms with E-state index in [9.17, 15) is 19.8 Å². The number of nitrogens with one attached hydrogen (secondary N) is 1. The molecule has 1 fully saturated rings. The van der Waals surface area contributed by atoms with Gasteiger partial charge in [-0.1, -0.05) is 66.7 Å². The second-order valence-corrected chi connectivity index (χ2v) is 8.81. The average molecular weight is 495 g/mol. The number of rotatable bonds is 10. The van der Waals surface area contributed by atoms with Gasteiger partial charge in [0.25, 0.3) is 5.56 Å². The first kappa shape index (κ1) is 25.7. The first-order valence-corrected chi connectivity index (χ1v) is 11.6. The van der Waals surface area contributed by atoms with Gasteiger partial charge in [-0.2, -0.15) is 0 Å². The highest BCUT2D eigenvalue weighted by Crippen LogP contribution is 2.42. The van der Waals surface area contributed by atoms with Crippen molar-refractivity contribution >= 4 is 0 Å². The van der Waals surface area contributed by atoms with Crippen LogP contribution in [0.15, 0.2) is 89.1 Å². The molecule has 5 atom stereocenters. The van der Waals surface area contributed by atoms with Gasteiger partial charge in [0.1, 0.15) is 18.3 Å². The van der Waals surface area contributed by atoms with Crippen molar-refractivity contribution in [2.24, 2.45) is 0 Å². The third-order valence-corrected chi connectivity index (χ3v) is 6.28. The van der Waals surface area contributed by atoms with Crippen LogP contribution in [0.3, 0.4) is 0 Å². The summed E-state index contributed by atoms with van der Waals surface area (Å²) >= 11 is 0. The van der Waals surface area contributed by atoms with E-state index in [0.29, 0.717) is 0 Å². The van der Waals surface area contributed by atoms with E-state index in [1.165, 1.54) is 19.2 Å². The Morgan fingerprint density at radius 3 is 2.33 bits per heavy atom. The highest BCUT2D eigenvalue weighted by Gasteiger charge is 2.60. The van der Waals surface area contributed by atoms with Crippen LogP contribution < -0.4 is 11.2 Å². The maximum atomic E-state index is 12.6. The van der Waals surface area contributed by atoms with E-state index in [4.69, 9.17) is 14.2 Å². The summed E-state index contributed by atoms with van der Waals surface area (Å²) in [5.41, 5.74) is -0.884. The summed E-state index contributed by atoms with van der Waals surface area (Å²) in [5.74, 6) is 0. The molecular weight excluding hydrogens is 464 g/mol. The summed E-state index contributed by atoms with van der Waals surface area (Å²) in [5, 5.41) is 22.4. The van der Waals surface area contributed by atoms with E-state index in [2.05, 4.69) is 11.6 Å². The lowest BCUT2D eigenvalue weighted by Crippen LogP contribution is -2.56. The number of hydrogen-bond donors (Lipinski definition) is 3. The monoisotopic (exact) mass is 494 g/mol. The van der Waals surface area contributed by atoms with Crippen molar-refractivity contribution in [2.45, 2.75) is 50.3 Å². The fourth-order valence-corrected chi connectivity index (χ4v) is 4.34. The highest BCUT2D eigenvalue weighted by atomic mass is 16.6. The summed E-state index contributed by atoms with van der Waals surface area (Å²) in [7, 11) is 0. The van der Waals surface area contributed by atoms with Crippen LogP contribution in [-0.2, 0) is 27.4 Å². The second kappa shape index (κ2) is 11.2. The Hall–Kier alpha value is -3.34. The molecule has 0 aliphatic carbocycles. The Labute approximate surface area is 208 Å². The van der Waals surface area contributed by atoms with Crippen LogP contribution in [0.5, 0.6) is 0 Å².